The van der Waals surface area contributed by atoms with Crippen LogP contribution in [0.25, 0.3) is 0 Å². The summed E-state index contributed by atoms with van der Waals surface area (Å²) in [7, 11) is 1.67. The molecule has 20 heteroatoms. The molecule has 7 aromatic rings. The molecule has 4 heterocycles. The van der Waals surface area contributed by atoms with Crippen LogP contribution in [0.3, 0.4) is 0 Å². The van der Waals surface area contributed by atoms with Gasteiger partial charge in [-0.25, -0.2) is 14.6 Å². The molecule has 1 saturated heterocycles. The van der Waals surface area contributed by atoms with Gasteiger partial charge in [-0.3, -0.25) is 19.8 Å². The van der Waals surface area contributed by atoms with Gasteiger partial charge in [0.2, 0.25) is 10.8 Å². The number of oxime groups is 1. The first-order valence-electron chi connectivity index (χ1n) is 22.6. The van der Waals surface area contributed by atoms with E-state index in [0.29, 0.717) is 37.6 Å². The molecule has 0 radical (unpaired) electrons. The maximum Gasteiger partial charge on any atom is 0.413 e. The van der Waals surface area contributed by atoms with Crippen molar-refractivity contribution in [3.63, 3.8) is 0 Å². The quantitative estimate of drug-likeness (QED) is 0.0167. The van der Waals surface area contributed by atoms with Crippen LogP contribution < -0.4 is 10.6 Å². The number of nitrogens with zero attached hydrogens (tertiary/aromatic N) is 7. The lowest BCUT2D eigenvalue weighted by Crippen LogP contribution is -2.71. The monoisotopic (exact) mass is 1040 g/mol. The van der Waals surface area contributed by atoms with E-state index in [9.17, 15) is 19.2 Å². The van der Waals surface area contributed by atoms with E-state index in [1.807, 2.05) is 152 Å². The van der Waals surface area contributed by atoms with Crippen LogP contribution in [0, 0.1) is 0 Å². The summed E-state index contributed by atoms with van der Waals surface area (Å²) in [5.41, 5.74) is 1.31. The molecule has 2 N–H and O–H groups in total. The van der Waals surface area contributed by atoms with Crippen molar-refractivity contribution in [1.29, 1.82) is 0 Å². The number of aromatic nitrogens is 5. The van der Waals surface area contributed by atoms with Crippen LogP contribution in [0.5, 0.6) is 0 Å². The van der Waals surface area contributed by atoms with Crippen molar-refractivity contribution in [3.05, 3.63) is 201 Å². The number of tetrazole rings is 1. The maximum atomic E-state index is 15.0. The zero-order chi connectivity index (χ0) is 50.2. The number of esters is 1. The lowest BCUT2D eigenvalue weighted by molar-refractivity contribution is -0.154. The number of carbonyl (C=O) groups excluding carboxylic acids is 4. The highest BCUT2D eigenvalue weighted by Crippen LogP contribution is 2.46. The number of hydrogen-bond acceptors (Lipinski definition) is 16. The van der Waals surface area contributed by atoms with E-state index in [1.165, 1.54) is 45.0 Å². The fourth-order valence-corrected chi connectivity index (χ4v) is 12.2. The number of aryl methyl sites for hydroxylation is 1. The number of fused-ring (bicyclic) bond motifs is 1. The van der Waals surface area contributed by atoms with Gasteiger partial charge < -0.3 is 19.6 Å². The molecule has 2 aromatic heterocycles. The minimum absolute atomic E-state index is 0.0531. The molecule has 2 atom stereocenters. The van der Waals surface area contributed by atoms with Gasteiger partial charge in [0.15, 0.2) is 16.9 Å². The largest absolute Gasteiger partial charge is 0.448 e. The molecular weight excluding hydrogens is 991 g/mol. The van der Waals surface area contributed by atoms with Crippen LogP contribution in [0.15, 0.2) is 178 Å². The van der Waals surface area contributed by atoms with E-state index >= 15 is 0 Å². The Morgan fingerprint density at radius 2 is 1.36 bits per heavy atom. The number of amides is 3. The standard InChI is InChI=1S/C52H47N9O7S4/c1-51(2,3)67-50(65)55-48-53-38(30-70-48)40(58-68-52(35-24-14-7-15-25-35,36-26-16-8-17-27-36)37-28-18-9-19-29-37)44(62)54-41-45(63)61-42(39(31-69-46(41)61)71-32-72-49-56-59-60(4)57-49)47(64)66-43(33-20-10-5-11-21-33)34-22-12-6-13-23-34/h5-30,41,43,46H,31-32H2,1-4H3,(H,54,62)(H,53,55,65)/b58-40-/t41-,46-/m1/s1. The summed E-state index contributed by atoms with van der Waals surface area (Å²) < 4.78 is 11.8. The summed E-state index contributed by atoms with van der Waals surface area (Å²) in [5.74, 6) is -1.72. The summed E-state index contributed by atoms with van der Waals surface area (Å²) >= 11 is 5.15. The average molecular weight is 1040 g/mol. The van der Waals surface area contributed by atoms with E-state index in [4.69, 9.17) is 14.3 Å². The van der Waals surface area contributed by atoms with Gasteiger partial charge in [0.1, 0.15) is 28.4 Å². The Kier molecular flexibility index (Phi) is 15.2. The molecule has 0 unspecified atom stereocenters. The number of β-lactam (4-membered cyclic amide) rings is 1. The smallest absolute Gasteiger partial charge is 0.413 e. The van der Waals surface area contributed by atoms with Gasteiger partial charge in [-0.2, -0.15) is 4.80 Å². The number of ether oxygens (including phenoxy) is 2. The number of hydrogen-bond donors (Lipinski definition) is 2. The molecule has 0 bridgehead atoms. The molecular formula is C52H47N9O7S4. The van der Waals surface area contributed by atoms with E-state index < -0.39 is 52.6 Å². The van der Waals surface area contributed by atoms with Crippen molar-refractivity contribution in [3.8, 4) is 0 Å². The lowest BCUT2D eigenvalue weighted by atomic mass is 9.80. The predicted molar refractivity (Wildman–Crippen MR) is 279 cm³/mol. The topological polar surface area (TPSA) is 192 Å². The highest BCUT2D eigenvalue weighted by molar-refractivity contribution is 8.18. The van der Waals surface area contributed by atoms with E-state index in [1.54, 1.807) is 33.2 Å². The molecule has 72 heavy (non-hydrogen) atoms. The van der Waals surface area contributed by atoms with Gasteiger partial charge in [-0.1, -0.05) is 169 Å². The maximum absolute atomic E-state index is 15.0. The van der Waals surface area contributed by atoms with E-state index in [2.05, 4.69) is 36.2 Å². The molecule has 366 valence electrons. The predicted octanol–water partition coefficient (Wildman–Crippen LogP) is 9.15. The number of thioether (sulfide) groups is 3. The summed E-state index contributed by atoms with van der Waals surface area (Å²) in [6.07, 6.45) is -1.53. The first kappa shape index (κ1) is 49.7. The average Bonchev–Trinajstić information content (AvgIpc) is 4.04. The fraction of sp³-hybridized carbons (Fsp3) is 0.212. The Bertz CT molecular complexity index is 2960. The number of anilines is 1. The van der Waals surface area contributed by atoms with Gasteiger partial charge in [-0.15, -0.1) is 45.1 Å². The molecule has 1 fully saturated rings. The van der Waals surface area contributed by atoms with Crippen molar-refractivity contribution in [2.75, 3.05) is 16.2 Å². The minimum atomic E-state index is -1.39. The second kappa shape index (κ2) is 22.0. The highest BCUT2D eigenvalue weighted by atomic mass is 32.2. The van der Waals surface area contributed by atoms with Crippen LogP contribution in [0.4, 0.5) is 9.93 Å². The Morgan fingerprint density at radius 1 is 0.806 bits per heavy atom. The second-order valence-corrected chi connectivity index (χ2v) is 21.5. The van der Waals surface area contributed by atoms with Gasteiger partial charge in [0.05, 0.1) is 12.1 Å². The van der Waals surface area contributed by atoms with Crippen LogP contribution >= 0.6 is 46.6 Å². The first-order chi connectivity index (χ1) is 34.9. The van der Waals surface area contributed by atoms with Crippen molar-refractivity contribution >= 4 is 81.3 Å². The van der Waals surface area contributed by atoms with Crippen molar-refractivity contribution in [2.45, 2.75) is 54.6 Å². The molecule has 0 aliphatic carbocycles. The molecule has 5 aromatic carbocycles. The van der Waals surface area contributed by atoms with Crippen LogP contribution in [0.1, 0.15) is 60.4 Å². The Hall–Kier alpha value is -7.26. The molecule has 2 aliphatic heterocycles. The summed E-state index contributed by atoms with van der Waals surface area (Å²) in [5, 5.41) is 24.3. The number of benzene rings is 5. The number of rotatable bonds is 17. The first-order valence-corrected chi connectivity index (χ1v) is 26.5. The number of thiazole rings is 1. The fourth-order valence-electron chi connectivity index (χ4n) is 7.95. The van der Waals surface area contributed by atoms with Crippen molar-refractivity contribution < 1.29 is 33.5 Å². The third kappa shape index (κ3) is 11.1. The summed E-state index contributed by atoms with van der Waals surface area (Å²) in [4.78, 5) is 71.9. The SMILES string of the molecule is Cn1nnc(SCSC2=C(C(=O)OC(c3ccccc3)c3ccccc3)N3C(=O)[C@@H](NC(=O)/C(=N\OC(c4ccccc4)(c4ccccc4)c4ccccc4)c4csc(NC(=O)OC(C)(C)C)n4)[C@H]3SC2)n1. The van der Waals surface area contributed by atoms with Crippen molar-refractivity contribution in [1.82, 2.24) is 35.4 Å². The highest BCUT2D eigenvalue weighted by Gasteiger charge is 2.55. The number of carbonyl (C=O) groups is 4. The lowest BCUT2D eigenvalue weighted by Gasteiger charge is -2.49. The normalized spacial score (nSPS) is 15.9. The van der Waals surface area contributed by atoms with Crippen LogP contribution in [0.2, 0.25) is 0 Å². The second-order valence-electron chi connectivity index (χ2n) is 17.2. The molecule has 16 nitrogen and oxygen atoms in total. The molecule has 0 spiro atoms. The Labute approximate surface area is 432 Å². The minimum Gasteiger partial charge on any atom is -0.448 e. The molecule has 3 amide bonds. The van der Waals surface area contributed by atoms with Gasteiger partial charge in [0, 0.05) is 32.7 Å². The summed E-state index contributed by atoms with van der Waals surface area (Å²) in [6, 6.07) is 46.2. The van der Waals surface area contributed by atoms with Gasteiger partial charge in [0.25, 0.3) is 11.8 Å². The van der Waals surface area contributed by atoms with Crippen LogP contribution in [-0.2, 0) is 41.3 Å². The third-order valence-corrected chi connectivity index (χ3v) is 15.4. The zero-order valence-electron chi connectivity index (χ0n) is 39.3. The molecule has 2 aliphatic rings. The van der Waals surface area contributed by atoms with Crippen LogP contribution in [-0.4, -0.2) is 87.5 Å². The summed E-state index contributed by atoms with van der Waals surface area (Å²) in [6.45, 7) is 5.22. The molecule has 0 saturated carbocycles. The third-order valence-electron chi connectivity index (χ3n) is 11.1. The number of nitrogens with one attached hydrogen (secondary N) is 2. The zero-order valence-corrected chi connectivity index (χ0v) is 42.5. The van der Waals surface area contributed by atoms with Crippen molar-refractivity contribution in [2.24, 2.45) is 12.2 Å². The molecule has 9 rings (SSSR count). The van der Waals surface area contributed by atoms with E-state index in [-0.39, 0.29) is 22.2 Å². The van der Waals surface area contributed by atoms with E-state index in [0.717, 1.165) is 22.5 Å². The van der Waals surface area contributed by atoms with Gasteiger partial charge in [-0.05, 0) is 37.1 Å². The Morgan fingerprint density at radius 3 is 1.89 bits per heavy atom. The Balaban J connectivity index is 1.05. The van der Waals surface area contributed by atoms with Gasteiger partial charge >= 0.3 is 12.1 Å².